The lowest BCUT2D eigenvalue weighted by molar-refractivity contribution is -0.135. The first-order chi connectivity index (χ1) is 12.9. The number of para-hydroxylation sites is 1. The Morgan fingerprint density at radius 1 is 1.11 bits per heavy atom. The van der Waals surface area contributed by atoms with Crippen LogP contribution in [0, 0.1) is 0 Å². The highest BCUT2D eigenvalue weighted by Gasteiger charge is 2.15. The van der Waals surface area contributed by atoms with Crippen LogP contribution < -0.4 is 10.1 Å². The van der Waals surface area contributed by atoms with Crippen molar-refractivity contribution in [2.45, 2.75) is 33.1 Å². The number of rotatable bonds is 8. The largest absolute Gasteiger partial charge is 0.484 e. The Balaban J connectivity index is 1.86. The average molecular weight is 368 g/mol. The highest BCUT2D eigenvalue weighted by molar-refractivity contribution is 5.95. The van der Waals surface area contributed by atoms with Gasteiger partial charge in [-0.05, 0) is 41.7 Å². The van der Waals surface area contributed by atoms with Gasteiger partial charge in [-0.15, -0.1) is 0 Å². The maximum Gasteiger partial charge on any atom is 0.260 e. The fourth-order valence-corrected chi connectivity index (χ4v) is 2.66. The predicted octanol–water partition coefficient (Wildman–Crippen LogP) is 3.85. The zero-order chi connectivity index (χ0) is 19.8. The van der Waals surface area contributed by atoms with E-state index < -0.39 is 0 Å². The Kier molecular flexibility index (Phi) is 7.41. The number of hydrogen-bond acceptors (Lipinski definition) is 3. The molecule has 0 spiro atoms. The normalized spacial score (nSPS) is 10.6. The van der Waals surface area contributed by atoms with Gasteiger partial charge in [0.25, 0.3) is 5.91 Å². The summed E-state index contributed by atoms with van der Waals surface area (Å²) >= 11 is 0. The quantitative estimate of drug-likeness (QED) is 0.770. The molecule has 144 valence electrons. The Bertz CT molecular complexity index is 787. The van der Waals surface area contributed by atoms with Gasteiger partial charge in [0.1, 0.15) is 5.75 Å². The Hall–Kier alpha value is -2.82. The molecule has 0 saturated carbocycles. The van der Waals surface area contributed by atoms with Crippen molar-refractivity contribution < 1.29 is 14.3 Å². The number of hydrogen-bond donors (Lipinski definition) is 1. The van der Waals surface area contributed by atoms with Gasteiger partial charge in [-0.3, -0.25) is 9.59 Å². The molecule has 5 heteroatoms. The molecule has 0 heterocycles. The van der Waals surface area contributed by atoms with Crippen LogP contribution in [-0.4, -0.2) is 36.9 Å². The van der Waals surface area contributed by atoms with Gasteiger partial charge in [0.15, 0.2) is 6.61 Å². The Morgan fingerprint density at radius 3 is 2.56 bits per heavy atom. The molecule has 0 aromatic heterocycles. The molecule has 0 bridgehead atoms. The summed E-state index contributed by atoms with van der Waals surface area (Å²) in [5.41, 5.74) is 3.00. The molecule has 2 rings (SSSR count). The van der Waals surface area contributed by atoms with Gasteiger partial charge in [-0.25, -0.2) is 0 Å². The number of ether oxygens (including phenoxy) is 1. The van der Waals surface area contributed by atoms with E-state index in [1.807, 2.05) is 55.5 Å². The number of aryl methyl sites for hydroxylation is 1. The fourth-order valence-electron chi connectivity index (χ4n) is 2.66. The van der Waals surface area contributed by atoms with Crippen molar-refractivity contribution in [1.82, 2.24) is 4.90 Å². The first kappa shape index (κ1) is 20.5. The molecule has 2 amide bonds. The molecule has 0 aliphatic rings. The SMILES string of the molecule is CCc1ccccc1NC(=O)CN(C)C(=O)COc1cccc(C(C)C)c1. The van der Waals surface area contributed by atoms with Gasteiger partial charge < -0.3 is 15.0 Å². The number of nitrogens with zero attached hydrogens (tertiary/aromatic N) is 1. The third kappa shape index (κ3) is 6.13. The van der Waals surface area contributed by atoms with E-state index in [4.69, 9.17) is 4.74 Å². The van der Waals surface area contributed by atoms with Gasteiger partial charge in [-0.1, -0.05) is 51.1 Å². The molecule has 1 N–H and O–H groups in total. The van der Waals surface area contributed by atoms with Gasteiger partial charge in [0.05, 0.1) is 6.54 Å². The van der Waals surface area contributed by atoms with E-state index in [2.05, 4.69) is 19.2 Å². The Labute approximate surface area is 161 Å². The number of nitrogens with one attached hydrogen (secondary N) is 1. The maximum absolute atomic E-state index is 12.3. The summed E-state index contributed by atoms with van der Waals surface area (Å²) in [6.07, 6.45) is 0.828. The third-order valence-corrected chi connectivity index (χ3v) is 4.37. The fraction of sp³-hybridized carbons (Fsp3) is 0.364. The zero-order valence-electron chi connectivity index (χ0n) is 16.5. The first-order valence-electron chi connectivity index (χ1n) is 9.25. The van der Waals surface area contributed by atoms with Crippen LogP contribution in [0.5, 0.6) is 5.75 Å². The molecule has 2 aromatic carbocycles. The summed E-state index contributed by atoms with van der Waals surface area (Å²) in [4.78, 5) is 25.9. The van der Waals surface area contributed by atoms with Crippen molar-refractivity contribution in [3.63, 3.8) is 0 Å². The molecule has 2 aromatic rings. The second-order valence-corrected chi connectivity index (χ2v) is 6.82. The van der Waals surface area contributed by atoms with Crippen LogP contribution in [0.15, 0.2) is 48.5 Å². The number of carbonyl (C=O) groups is 2. The van der Waals surface area contributed by atoms with Crippen LogP contribution in [0.3, 0.4) is 0 Å². The van der Waals surface area contributed by atoms with E-state index in [0.717, 1.165) is 23.2 Å². The smallest absolute Gasteiger partial charge is 0.260 e. The Morgan fingerprint density at radius 2 is 1.85 bits per heavy atom. The number of benzene rings is 2. The second-order valence-electron chi connectivity index (χ2n) is 6.82. The number of likely N-dealkylation sites (N-methyl/N-ethyl adjacent to an activating group) is 1. The molecular weight excluding hydrogens is 340 g/mol. The predicted molar refractivity (Wildman–Crippen MR) is 108 cm³/mol. The second kappa shape index (κ2) is 9.76. The van der Waals surface area contributed by atoms with Crippen molar-refractivity contribution in [3.05, 3.63) is 59.7 Å². The summed E-state index contributed by atoms with van der Waals surface area (Å²) in [6, 6.07) is 15.4. The van der Waals surface area contributed by atoms with Crippen LogP contribution in [0.2, 0.25) is 0 Å². The van der Waals surface area contributed by atoms with Crippen molar-refractivity contribution in [3.8, 4) is 5.75 Å². The van der Waals surface area contributed by atoms with Crippen LogP contribution in [0.4, 0.5) is 5.69 Å². The molecule has 0 atom stereocenters. The molecule has 0 unspecified atom stereocenters. The average Bonchev–Trinajstić information content (AvgIpc) is 2.66. The van der Waals surface area contributed by atoms with Crippen molar-refractivity contribution in [1.29, 1.82) is 0 Å². The minimum absolute atomic E-state index is 0.0216. The summed E-state index contributed by atoms with van der Waals surface area (Å²) in [6.45, 7) is 6.12. The van der Waals surface area contributed by atoms with Crippen molar-refractivity contribution in [2.24, 2.45) is 0 Å². The number of amides is 2. The van der Waals surface area contributed by atoms with E-state index in [9.17, 15) is 9.59 Å². The number of anilines is 1. The summed E-state index contributed by atoms with van der Waals surface area (Å²) in [5.74, 6) is 0.573. The topological polar surface area (TPSA) is 58.6 Å². The van der Waals surface area contributed by atoms with E-state index >= 15 is 0 Å². The number of carbonyl (C=O) groups excluding carboxylic acids is 2. The van der Waals surface area contributed by atoms with Crippen LogP contribution in [-0.2, 0) is 16.0 Å². The van der Waals surface area contributed by atoms with E-state index in [-0.39, 0.29) is 25.0 Å². The molecule has 0 fully saturated rings. The highest BCUT2D eigenvalue weighted by atomic mass is 16.5. The molecule has 0 aliphatic carbocycles. The first-order valence-corrected chi connectivity index (χ1v) is 9.25. The molecule has 27 heavy (non-hydrogen) atoms. The van der Waals surface area contributed by atoms with Gasteiger partial charge in [0.2, 0.25) is 5.91 Å². The standard InChI is InChI=1S/C22H28N2O3/c1-5-17-9-6-7-12-20(17)23-21(25)14-24(4)22(26)15-27-19-11-8-10-18(13-19)16(2)3/h6-13,16H,5,14-15H2,1-4H3,(H,23,25). The minimum atomic E-state index is -0.246. The lowest BCUT2D eigenvalue weighted by atomic mass is 10.0. The summed E-state index contributed by atoms with van der Waals surface area (Å²) in [5, 5.41) is 2.87. The van der Waals surface area contributed by atoms with Gasteiger partial charge in [0, 0.05) is 12.7 Å². The monoisotopic (exact) mass is 368 g/mol. The van der Waals surface area contributed by atoms with Crippen LogP contribution in [0.25, 0.3) is 0 Å². The molecule has 0 aliphatic heterocycles. The van der Waals surface area contributed by atoms with Crippen LogP contribution >= 0.6 is 0 Å². The third-order valence-electron chi connectivity index (χ3n) is 4.37. The zero-order valence-corrected chi connectivity index (χ0v) is 16.5. The van der Waals surface area contributed by atoms with E-state index in [1.165, 1.54) is 4.90 Å². The molecular formula is C22H28N2O3. The molecule has 5 nitrogen and oxygen atoms in total. The van der Waals surface area contributed by atoms with Crippen LogP contribution in [0.1, 0.15) is 37.8 Å². The molecule has 0 radical (unpaired) electrons. The lowest BCUT2D eigenvalue weighted by Crippen LogP contribution is -2.37. The lowest BCUT2D eigenvalue weighted by Gasteiger charge is -2.18. The minimum Gasteiger partial charge on any atom is -0.484 e. The summed E-state index contributed by atoms with van der Waals surface area (Å²) < 4.78 is 5.59. The van der Waals surface area contributed by atoms with Crippen molar-refractivity contribution >= 4 is 17.5 Å². The van der Waals surface area contributed by atoms with Gasteiger partial charge >= 0.3 is 0 Å². The summed E-state index contributed by atoms with van der Waals surface area (Å²) in [7, 11) is 1.60. The maximum atomic E-state index is 12.3. The van der Waals surface area contributed by atoms with Crippen molar-refractivity contribution in [2.75, 3.05) is 25.5 Å². The van der Waals surface area contributed by atoms with E-state index in [0.29, 0.717) is 11.7 Å². The van der Waals surface area contributed by atoms with E-state index in [1.54, 1.807) is 7.05 Å². The van der Waals surface area contributed by atoms with Gasteiger partial charge in [-0.2, -0.15) is 0 Å². The highest BCUT2D eigenvalue weighted by Crippen LogP contribution is 2.20. The molecule has 0 saturated heterocycles.